The number of nitrogens with one attached hydrogen (secondary N) is 1. The van der Waals surface area contributed by atoms with Crippen LogP contribution in [0, 0.1) is 0 Å². The van der Waals surface area contributed by atoms with Gasteiger partial charge in [-0.15, -0.1) is 11.8 Å². The second kappa shape index (κ2) is 4.20. The summed E-state index contributed by atoms with van der Waals surface area (Å²) < 4.78 is 5.11. The van der Waals surface area contributed by atoms with Gasteiger partial charge in [0.2, 0.25) is 0 Å². The first-order valence-electron chi connectivity index (χ1n) is 5.68. The molecule has 2 heterocycles. The van der Waals surface area contributed by atoms with Crippen molar-refractivity contribution in [1.29, 1.82) is 0 Å². The molecule has 1 unspecified atom stereocenters. The van der Waals surface area contributed by atoms with Crippen LogP contribution in [0.25, 0.3) is 11.1 Å². The van der Waals surface area contributed by atoms with Crippen molar-refractivity contribution in [2.75, 3.05) is 5.75 Å². The number of oxazole rings is 1. The van der Waals surface area contributed by atoms with Gasteiger partial charge in [-0.05, 0) is 30.7 Å². The predicted molar refractivity (Wildman–Crippen MR) is 67.2 cm³/mol. The number of aliphatic carboxylic acids is 1. The fourth-order valence-electron chi connectivity index (χ4n) is 2.33. The number of carboxylic acid groups (broad SMARTS) is 1. The molecule has 1 atom stereocenters. The normalized spacial score (nSPS) is 19.4. The first-order chi connectivity index (χ1) is 8.66. The van der Waals surface area contributed by atoms with E-state index in [0.29, 0.717) is 23.1 Å². The van der Waals surface area contributed by atoms with Crippen LogP contribution >= 0.6 is 11.8 Å². The van der Waals surface area contributed by atoms with E-state index in [0.717, 1.165) is 17.1 Å². The van der Waals surface area contributed by atoms with Gasteiger partial charge in [0.05, 0.1) is 11.4 Å². The smallest absolute Gasteiger partial charge is 0.417 e. The maximum absolute atomic E-state index is 11.4. The van der Waals surface area contributed by atoms with Crippen molar-refractivity contribution in [3.05, 3.63) is 28.2 Å². The highest BCUT2D eigenvalue weighted by atomic mass is 32.2. The van der Waals surface area contributed by atoms with E-state index in [4.69, 9.17) is 4.42 Å². The Balaban J connectivity index is 2.32. The summed E-state index contributed by atoms with van der Waals surface area (Å²) in [6, 6.07) is 3.62. The van der Waals surface area contributed by atoms with Crippen molar-refractivity contribution in [3.63, 3.8) is 0 Å². The molecule has 0 saturated heterocycles. The number of H-pyrrole nitrogens is 1. The summed E-state index contributed by atoms with van der Waals surface area (Å²) in [6.45, 7) is 0. The fraction of sp³-hybridized carbons (Fsp3) is 0.333. The molecule has 0 radical (unpaired) electrons. The monoisotopic (exact) mass is 265 g/mol. The lowest BCUT2D eigenvalue weighted by atomic mass is 9.94. The third-order valence-corrected chi connectivity index (χ3v) is 4.29. The average Bonchev–Trinajstić information content (AvgIpc) is 2.58. The number of thioether (sulfide) groups is 1. The molecule has 0 saturated carbocycles. The molecule has 2 aromatic rings. The molecule has 1 aromatic carbocycles. The molecule has 3 rings (SSSR count). The van der Waals surface area contributed by atoms with Crippen LogP contribution in [0.1, 0.15) is 24.3 Å². The van der Waals surface area contributed by atoms with Gasteiger partial charge >= 0.3 is 11.7 Å². The van der Waals surface area contributed by atoms with Gasteiger partial charge in [0, 0.05) is 10.5 Å². The lowest BCUT2D eigenvalue weighted by molar-refractivity contribution is -0.139. The van der Waals surface area contributed by atoms with Gasteiger partial charge in [0.1, 0.15) is 0 Å². The van der Waals surface area contributed by atoms with E-state index in [1.165, 1.54) is 0 Å². The Morgan fingerprint density at radius 2 is 2.33 bits per heavy atom. The van der Waals surface area contributed by atoms with Crippen molar-refractivity contribution in [2.24, 2.45) is 0 Å². The highest BCUT2D eigenvalue weighted by molar-refractivity contribution is 7.99. The molecular formula is C12H11NO4S. The van der Waals surface area contributed by atoms with Gasteiger partial charge in [0.25, 0.3) is 0 Å². The Hall–Kier alpha value is -1.69. The van der Waals surface area contributed by atoms with E-state index in [-0.39, 0.29) is 0 Å². The molecule has 0 bridgehead atoms. The third kappa shape index (κ3) is 1.73. The van der Waals surface area contributed by atoms with Crippen LogP contribution in [0.5, 0.6) is 0 Å². The van der Waals surface area contributed by atoms with Crippen molar-refractivity contribution in [2.45, 2.75) is 23.7 Å². The number of fused-ring (bicyclic) bond motifs is 3. The maximum atomic E-state index is 11.4. The van der Waals surface area contributed by atoms with E-state index in [1.807, 2.05) is 6.07 Å². The van der Waals surface area contributed by atoms with Crippen molar-refractivity contribution in [3.8, 4) is 0 Å². The van der Waals surface area contributed by atoms with Crippen molar-refractivity contribution in [1.82, 2.24) is 4.98 Å². The SMILES string of the molecule is O=C(O)C1CCCSc2ccc3[nH]c(=O)oc3c21. The molecule has 94 valence electrons. The van der Waals surface area contributed by atoms with Gasteiger partial charge in [-0.3, -0.25) is 9.78 Å². The molecule has 6 heteroatoms. The van der Waals surface area contributed by atoms with Gasteiger partial charge < -0.3 is 9.52 Å². The number of rotatable bonds is 1. The Kier molecular flexibility index (Phi) is 2.66. The molecule has 0 aliphatic carbocycles. The Labute approximate surface area is 106 Å². The minimum absolute atomic E-state index is 0.388. The summed E-state index contributed by atoms with van der Waals surface area (Å²) >= 11 is 1.62. The molecule has 1 aliphatic heterocycles. The summed E-state index contributed by atoms with van der Waals surface area (Å²) in [7, 11) is 0. The fourth-order valence-corrected chi connectivity index (χ4v) is 3.42. The number of hydrogen-bond acceptors (Lipinski definition) is 4. The minimum atomic E-state index is -0.866. The minimum Gasteiger partial charge on any atom is -0.481 e. The van der Waals surface area contributed by atoms with E-state index < -0.39 is 17.6 Å². The number of carboxylic acids is 1. The average molecular weight is 265 g/mol. The predicted octanol–water partition coefficient (Wildman–Crippen LogP) is 2.18. The largest absolute Gasteiger partial charge is 0.481 e. The van der Waals surface area contributed by atoms with Crippen molar-refractivity contribution >= 4 is 28.8 Å². The van der Waals surface area contributed by atoms with E-state index in [2.05, 4.69) is 4.98 Å². The molecular weight excluding hydrogens is 254 g/mol. The summed E-state index contributed by atoms with van der Waals surface area (Å²) in [5.74, 6) is -1.12. The molecule has 2 N–H and O–H groups in total. The lowest BCUT2D eigenvalue weighted by Gasteiger charge is -2.12. The zero-order chi connectivity index (χ0) is 12.7. The quantitative estimate of drug-likeness (QED) is 0.825. The molecule has 0 spiro atoms. The highest BCUT2D eigenvalue weighted by Crippen LogP contribution is 2.39. The molecule has 18 heavy (non-hydrogen) atoms. The van der Waals surface area contributed by atoms with Crippen LogP contribution < -0.4 is 5.76 Å². The summed E-state index contributed by atoms with van der Waals surface area (Å²) in [4.78, 5) is 26.1. The number of aromatic amines is 1. The zero-order valence-electron chi connectivity index (χ0n) is 9.43. The highest BCUT2D eigenvalue weighted by Gasteiger charge is 2.29. The first-order valence-corrected chi connectivity index (χ1v) is 6.66. The maximum Gasteiger partial charge on any atom is 0.417 e. The number of aromatic nitrogens is 1. The third-order valence-electron chi connectivity index (χ3n) is 3.13. The Bertz CT molecular complexity index is 672. The Morgan fingerprint density at radius 1 is 1.50 bits per heavy atom. The molecule has 5 nitrogen and oxygen atoms in total. The standard InChI is InChI=1S/C12H11NO4S/c14-11(15)6-2-1-5-18-8-4-3-7-10(9(6)8)17-12(16)13-7/h3-4,6H,1-2,5H2,(H,13,16)(H,14,15). The molecule has 0 fully saturated rings. The summed E-state index contributed by atoms with van der Waals surface area (Å²) in [6.07, 6.45) is 1.41. The van der Waals surface area contributed by atoms with Crippen LogP contribution in [-0.4, -0.2) is 21.8 Å². The number of benzene rings is 1. The van der Waals surface area contributed by atoms with E-state index >= 15 is 0 Å². The zero-order valence-corrected chi connectivity index (χ0v) is 10.3. The molecule has 1 aliphatic rings. The van der Waals surface area contributed by atoms with E-state index in [1.54, 1.807) is 17.8 Å². The summed E-state index contributed by atoms with van der Waals surface area (Å²) in [5.41, 5.74) is 1.59. The lowest BCUT2D eigenvalue weighted by Crippen LogP contribution is -2.11. The van der Waals surface area contributed by atoms with Crippen LogP contribution in [-0.2, 0) is 4.79 Å². The van der Waals surface area contributed by atoms with Gasteiger partial charge in [0.15, 0.2) is 5.58 Å². The molecule has 0 amide bonds. The van der Waals surface area contributed by atoms with Crippen LogP contribution in [0.15, 0.2) is 26.2 Å². The number of carbonyl (C=O) groups is 1. The van der Waals surface area contributed by atoms with Crippen LogP contribution in [0.2, 0.25) is 0 Å². The van der Waals surface area contributed by atoms with Gasteiger partial charge in [-0.2, -0.15) is 0 Å². The van der Waals surface area contributed by atoms with E-state index in [9.17, 15) is 14.7 Å². The second-order valence-corrected chi connectivity index (χ2v) is 5.39. The number of hydrogen-bond donors (Lipinski definition) is 2. The Morgan fingerprint density at radius 3 is 3.11 bits per heavy atom. The van der Waals surface area contributed by atoms with Gasteiger partial charge in [-0.1, -0.05) is 0 Å². The van der Waals surface area contributed by atoms with Crippen molar-refractivity contribution < 1.29 is 14.3 Å². The van der Waals surface area contributed by atoms with Crippen LogP contribution in [0.4, 0.5) is 0 Å². The topological polar surface area (TPSA) is 83.3 Å². The summed E-state index contributed by atoms with van der Waals surface area (Å²) in [5, 5.41) is 9.34. The molecule has 1 aromatic heterocycles. The van der Waals surface area contributed by atoms with Crippen LogP contribution in [0.3, 0.4) is 0 Å². The van der Waals surface area contributed by atoms with Gasteiger partial charge in [-0.25, -0.2) is 4.79 Å². The second-order valence-electron chi connectivity index (χ2n) is 4.25. The first kappa shape index (κ1) is 11.4.